The zero-order valence-electron chi connectivity index (χ0n) is 12.2. The van der Waals surface area contributed by atoms with Gasteiger partial charge in [0.1, 0.15) is 0 Å². The quantitative estimate of drug-likeness (QED) is 0.660. The Bertz CT molecular complexity index is 667. The maximum atomic E-state index is 12.6. The van der Waals surface area contributed by atoms with E-state index in [0.717, 1.165) is 30.7 Å². The number of rotatable bonds is 4. The molecule has 1 saturated carbocycles. The van der Waals surface area contributed by atoms with Gasteiger partial charge >= 0.3 is 6.18 Å². The minimum absolute atomic E-state index is 0.137. The molecule has 2 atom stereocenters. The molecule has 0 aliphatic heterocycles. The maximum Gasteiger partial charge on any atom is 0.416 e. The smallest absolute Gasteiger partial charge is 0.376 e. The summed E-state index contributed by atoms with van der Waals surface area (Å²) in [5.74, 6) is 0.570. The standard InChI is InChI=1S/C16H16F3N3O/c17-16(18,19)11-4-2-5-12(8-11)20-9-15(23)22-21-14-7-10-3-1-6-13(10)14/h1-2,4-6,8,10,13,20H,3,7,9H2,(H,22,23)/b21-14+. The predicted octanol–water partition coefficient (Wildman–Crippen LogP) is 3.19. The van der Waals surface area contributed by atoms with Gasteiger partial charge in [-0.3, -0.25) is 4.79 Å². The number of hydrazone groups is 1. The highest BCUT2D eigenvalue weighted by Crippen LogP contribution is 2.40. The van der Waals surface area contributed by atoms with Crippen molar-refractivity contribution in [1.82, 2.24) is 5.43 Å². The topological polar surface area (TPSA) is 53.5 Å². The molecule has 1 amide bonds. The second kappa shape index (κ2) is 6.06. The van der Waals surface area contributed by atoms with Crippen molar-refractivity contribution in [3.63, 3.8) is 0 Å². The van der Waals surface area contributed by atoms with E-state index in [1.807, 2.05) is 0 Å². The Morgan fingerprint density at radius 2 is 2.17 bits per heavy atom. The van der Waals surface area contributed by atoms with Gasteiger partial charge in [-0.05, 0) is 37.0 Å². The lowest BCUT2D eigenvalue weighted by Crippen LogP contribution is -2.36. The Hall–Kier alpha value is -2.31. The highest BCUT2D eigenvalue weighted by Gasteiger charge is 2.37. The number of amides is 1. The van der Waals surface area contributed by atoms with Gasteiger partial charge < -0.3 is 5.32 Å². The van der Waals surface area contributed by atoms with Gasteiger partial charge in [0, 0.05) is 17.3 Å². The lowest BCUT2D eigenvalue weighted by atomic mass is 9.74. The van der Waals surface area contributed by atoms with Gasteiger partial charge in [0.05, 0.1) is 12.1 Å². The zero-order chi connectivity index (χ0) is 16.4. The monoisotopic (exact) mass is 323 g/mol. The molecule has 0 bridgehead atoms. The van der Waals surface area contributed by atoms with Crippen LogP contribution in [0.25, 0.3) is 0 Å². The summed E-state index contributed by atoms with van der Waals surface area (Å²) in [7, 11) is 0. The summed E-state index contributed by atoms with van der Waals surface area (Å²) in [6, 6.07) is 4.73. The minimum atomic E-state index is -4.40. The molecule has 0 heterocycles. The first kappa shape index (κ1) is 15.6. The van der Waals surface area contributed by atoms with Crippen LogP contribution in [-0.2, 0) is 11.0 Å². The minimum Gasteiger partial charge on any atom is -0.376 e. The van der Waals surface area contributed by atoms with Crippen molar-refractivity contribution in [2.45, 2.75) is 19.0 Å². The van der Waals surface area contributed by atoms with Gasteiger partial charge in [-0.1, -0.05) is 18.2 Å². The van der Waals surface area contributed by atoms with Crippen molar-refractivity contribution >= 4 is 17.3 Å². The lowest BCUT2D eigenvalue weighted by Gasteiger charge is -2.31. The number of carbonyl (C=O) groups is 1. The molecule has 0 radical (unpaired) electrons. The van der Waals surface area contributed by atoms with Crippen LogP contribution in [0.3, 0.4) is 0 Å². The van der Waals surface area contributed by atoms with E-state index in [2.05, 4.69) is 28.0 Å². The van der Waals surface area contributed by atoms with E-state index in [-0.39, 0.29) is 18.1 Å². The third kappa shape index (κ3) is 3.55. The highest BCUT2D eigenvalue weighted by atomic mass is 19.4. The molecule has 2 aliphatic carbocycles. The van der Waals surface area contributed by atoms with Crippen molar-refractivity contribution in [3.8, 4) is 0 Å². The van der Waals surface area contributed by atoms with Crippen LogP contribution in [0.1, 0.15) is 18.4 Å². The molecule has 2 aliphatic rings. The second-order valence-electron chi connectivity index (χ2n) is 5.72. The van der Waals surface area contributed by atoms with E-state index >= 15 is 0 Å². The number of benzene rings is 1. The van der Waals surface area contributed by atoms with Crippen LogP contribution in [0.15, 0.2) is 41.5 Å². The van der Waals surface area contributed by atoms with Crippen LogP contribution < -0.4 is 10.7 Å². The largest absolute Gasteiger partial charge is 0.416 e. The van der Waals surface area contributed by atoms with Crippen LogP contribution in [0.5, 0.6) is 0 Å². The summed E-state index contributed by atoms with van der Waals surface area (Å²) < 4.78 is 37.8. The van der Waals surface area contributed by atoms with E-state index in [1.54, 1.807) is 0 Å². The normalized spacial score (nSPS) is 24.2. The maximum absolute atomic E-state index is 12.6. The molecule has 4 nitrogen and oxygen atoms in total. The lowest BCUT2D eigenvalue weighted by molar-refractivity contribution is -0.137. The van der Waals surface area contributed by atoms with Gasteiger partial charge in [-0.2, -0.15) is 18.3 Å². The van der Waals surface area contributed by atoms with Crippen molar-refractivity contribution in [2.24, 2.45) is 16.9 Å². The van der Waals surface area contributed by atoms with Crippen molar-refractivity contribution in [1.29, 1.82) is 0 Å². The molecule has 122 valence electrons. The zero-order valence-corrected chi connectivity index (χ0v) is 12.2. The molecule has 1 aromatic rings. The molecule has 1 aromatic carbocycles. The summed E-state index contributed by atoms with van der Waals surface area (Å²) in [5.41, 5.74) is 2.89. The summed E-state index contributed by atoms with van der Waals surface area (Å²) in [5, 5.41) is 6.75. The number of nitrogens with zero attached hydrogens (tertiary/aromatic N) is 1. The van der Waals surface area contributed by atoms with E-state index in [9.17, 15) is 18.0 Å². The SMILES string of the molecule is O=C(CNc1cccc(C(F)(F)F)c1)N/N=C1\CC2CC=CC12. The number of carbonyl (C=O) groups excluding carboxylic acids is 1. The first-order valence-electron chi connectivity index (χ1n) is 7.36. The Morgan fingerprint density at radius 3 is 2.91 bits per heavy atom. The molecule has 2 unspecified atom stereocenters. The molecule has 1 fully saturated rings. The van der Waals surface area contributed by atoms with Crippen LogP contribution in [-0.4, -0.2) is 18.2 Å². The van der Waals surface area contributed by atoms with Gasteiger partial charge in [0.25, 0.3) is 5.91 Å². The number of fused-ring (bicyclic) bond motifs is 1. The predicted molar refractivity (Wildman–Crippen MR) is 80.9 cm³/mol. The Morgan fingerprint density at radius 1 is 1.35 bits per heavy atom. The number of hydrogen-bond donors (Lipinski definition) is 2. The van der Waals surface area contributed by atoms with E-state index in [4.69, 9.17) is 0 Å². The second-order valence-corrected chi connectivity index (χ2v) is 5.72. The van der Waals surface area contributed by atoms with Gasteiger partial charge in [0.2, 0.25) is 0 Å². The average Bonchev–Trinajstić information content (AvgIpc) is 2.86. The number of alkyl halides is 3. The number of allylic oxidation sites excluding steroid dienone is 2. The third-order valence-electron chi connectivity index (χ3n) is 4.11. The van der Waals surface area contributed by atoms with Gasteiger partial charge in [-0.25, -0.2) is 5.43 Å². The van der Waals surface area contributed by atoms with Gasteiger partial charge in [0.15, 0.2) is 0 Å². The Balaban J connectivity index is 1.50. The van der Waals surface area contributed by atoms with E-state index < -0.39 is 11.7 Å². The Labute approximate surface area is 131 Å². The summed E-state index contributed by atoms with van der Waals surface area (Å²) in [6.07, 6.45) is 1.77. The van der Waals surface area contributed by atoms with Crippen molar-refractivity contribution in [3.05, 3.63) is 42.0 Å². The molecular formula is C16H16F3N3O. The molecule has 0 saturated heterocycles. The molecular weight excluding hydrogens is 307 g/mol. The van der Waals surface area contributed by atoms with E-state index in [1.165, 1.54) is 12.1 Å². The molecule has 23 heavy (non-hydrogen) atoms. The third-order valence-corrected chi connectivity index (χ3v) is 4.11. The van der Waals surface area contributed by atoms with Crippen LogP contribution in [0, 0.1) is 11.8 Å². The van der Waals surface area contributed by atoms with Gasteiger partial charge in [-0.15, -0.1) is 0 Å². The highest BCUT2D eigenvalue weighted by molar-refractivity contribution is 5.95. The van der Waals surface area contributed by atoms with E-state index in [0.29, 0.717) is 11.8 Å². The number of anilines is 1. The summed E-state index contributed by atoms with van der Waals surface area (Å²) >= 11 is 0. The summed E-state index contributed by atoms with van der Waals surface area (Å²) in [6.45, 7) is -0.137. The van der Waals surface area contributed by atoms with Crippen molar-refractivity contribution in [2.75, 3.05) is 11.9 Å². The van der Waals surface area contributed by atoms with Crippen molar-refractivity contribution < 1.29 is 18.0 Å². The number of hydrogen-bond acceptors (Lipinski definition) is 3. The first-order chi connectivity index (χ1) is 10.9. The average molecular weight is 323 g/mol. The molecule has 7 heteroatoms. The van der Waals surface area contributed by atoms with Crippen LogP contribution in [0.4, 0.5) is 18.9 Å². The molecule has 0 aromatic heterocycles. The number of halogens is 3. The molecule has 0 spiro atoms. The fraction of sp³-hybridized carbons (Fsp3) is 0.375. The van der Waals surface area contributed by atoms with Crippen LogP contribution >= 0.6 is 0 Å². The Kier molecular flexibility index (Phi) is 4.11. The number of nitrogens with one attached hydrogen (secondary N) is 2. The molecule has 2 N–H and O–H groups in total. The fourth-order valence-corrected chi connectivity index (χ4v) is 2.82. The summed E-state index contributed by atoms with van der Waals surface area (Å²) in [4.78, 5) is 11.7. The first-order valence-corrected chi connectivity index (χ1v) is 7.36. The molecule has 3 rings (SSSR count). The fourth-order valence-electron chi connectivity index (χ4n) is 2.82. The van der Waals surface area contributed by atoms with Crippen LogP contribution in [0.2, 0.25) is 0 Å².